The molecule has 0 saturated heterocycles. The van der Waals surface area contributed by atoms with Gasteiger partial charge in [-0.1, -0.05) is 12.8 Å². The fourth-order valence-corrected chi connectivity index (χ4v) is 1.08. The largest absolute Gasteiger partial charge is 0.465 e. The predicted octanol–water partition coefficient (Wildman–Crippen LogP) is -0.379. The second-order valence-corrected chi connectivity index (χ2v) is 3.09. The highest BCUT2D eigenvalue weighted by molar-refractivity contribution is 5.79. The van der Waals surface area contributed by atoms with Crippen molar-refractivity contribution in [1.29, 1.82) is 0 Å². The van der Waals surface area contributed by atoms with E-state index in [0.29, 0.717) is 13.2 Å². The number of nitrogens with one attached hydrogen (secondary N) is 1. The third-order valence-electron chi connectivity index (χ3n) is 1.86. The molecule has 16 heavy (non-hydrogen) atoms. The van der Waals surface area contributed by atoms with Crippen molar-refractivity contribution in [3.05, 3.63) is 0 Å². The molecule has 0 aliphatic heterocycles. The van der Waals surface area contributed by atoms with Gasteiger partial charge in [0.2, 0.25) is 5.91 Å². The van der Waals surface area contributed by atoms with Crippen LogP contribution in [-0.2, 0) is 14.3 Å². The Morgan fingerprint density at radius 3 is 2.56 bits per heavy atom. The van der Waals surface area contributed by atoms with Crippen LogP contribution in [0.3, 0.4) is 0 Å². The molecule has 0 fully saturated rings. The SMILES string of the molecule is C#CCNC(=O)CN(CC)CC(=O)OCC. The van der Waals surface area contributed by atoms with E-state index in [2.05, 4.69) is 11.2 Å². The van der Waals surface area contributed by atoms with E-state index in [0.717, 1.165) is 0 Å². The highest BCUT2D eigenvalue weighted by Crippen LogP contribution is 1.90. The number of terminal acetylenes is 1. The summed E-state index contributed by atoms with van der Waals surface area (Å²) in [5.74, 6) is 1.79. The van der Waals surface area contributed by atoms with Crippen LogP contribution >= 0.6 is 0 Å². The van der Waals surface area contributed by atoms with E-state index in [1.807, 2.05) is 6.92 Å². The van der Waals surface area contributed by atoms with Crippen LogP contribution in [0, 0.1) is 12.3 Å². The molecule has 0 saturated carbocycles. The molecule has 1 amide bonds. The summed E-state index contributed by atoms with van der Waals surface area (Å²) in [6, 6.07) is 0. The first-order valence-electron chi connectivity index (χ1n) is 5.22. The van der Waals surface area contributed by atoms with Crippen molar-refractivity contribution in [2.45, 2.75) is 13.8 Å². The van der Waals surface area contributed by atoms with Crippen molar-refractivity contribution >= 4 is 11.9 Å². The van der Waals surface area contributed by atoms with Crippen molar-refractivity contribution in [2.24, 2.45) is 0 Å². The summed E-state index contributed by atoms with van der Waals surface area (Å²) in [6.07, 6.45) is 5.01. The number of esters is 1. The van der Waals surface area contributed by atoms with E-state index in [9.17, 15) is 9.59 Å². The van der Waals surface area contributed by atoms with Crippen LogP contribution in [0.1, 0.15) is 13.8 Å². The van der Waals surface area contributed by atoms with Crippen LogP contribution in [-0.4, -0.2) is 49.6 Å². The molecular formula is C11H18N2O3. The number of carbonyl (C=O) groups excluding carboxylic acids is 2. The molecule has 0 aromatic rings. The molecule has 90 valence electrons. The highest BCUT2D eigenvalue weighted by atomic mass is 16.5. The number of nitrogens with zero attached hydrogens (tertiary/aromatic N) is 1. The number of likely N-dealkylation sites (N-methyl/N-ethyl adjacent to an activating group) is 1. The minimum absolute atomic E-state index is 0.119. The molecule has 0 rings (SSSR count). The van der Waals surface area contributed by atoms with Gasteiger partial charge < -0.3 is 10.1 Å². The average Bonchev–Trinajstić information content (AvgIpc) is 2.25. The topological polar surface area (TPSA) is 58.6 Å². The molecule has 0 aromatic heterocycles. The lowest BCUT2D eigenvalue weighted by atomic mass is 10.4. The number of rotatable bonds is 7. The number of carbonyl (C=O) groups is 2. The lowest BCUT2D eigenvalue weighted by Gasteiger charge is -2.18. The number of amides is 1. The number of ether oxygens (including phenoxy) is 1. The smallest absolute Gasteiger partial charge is 0.320 e. The summed E-state index contributed by atoms with van der Waals surface area (Å²) < 4.78 is 4.79. The summed E-state index contributed by atoms with van der Waals surface area (Å²) in [7, 11) is 0. The molecule has 0 aliphatic carbocycles. The Kier molecular flexibility index (Phi) is 7.90. The van der Waals surface area contributed by atoms with Gasteiger partial charge in [0, 0.05) is 0 Å². The van der Waals surface area contributed by atoms with E-state index in [1.54, 1.807) is 11.8 Å². The molecule has 5 heteroatoms. The third-order valence-corrected chi connectivity index (χ3v) is 1.86. The second-order valence-electron chi connectivity index (χ2n) is 3.09. The van der Waals surface area contributed by atoms with Crippen molar-refractivity contribution in [3.63, 3.8) is 0 Å². The maximum absolute atomic E-state index is 11.3. The van der Waals surface area contributed by atoms with E-state index in [1.165, 1.54) is 0 Å². The van der Waals surface area contributed by atoms with Gasteiger partial charge in [-0.25, -0.2) is 0 Å². The molecule has 0 spiro atoms. The summed E-state index contributed by atoms with van der Waals surface area (Å²) in [5, 5.41) is 2.53. The molecule has 0 unspecified atom stereocenters. The minimum Gasteiger partial charge on any atom is -0.465 e. The van der Waals surface area contributed by atoms with Gasteiger partial charge in [0.05, 0.1) is 26.2 Å². The Morgan fingerprint density at radius 2 is 2.06 bits per heavy atom. The molecule has 0 radical (unpaired) electrons. The van der Waals surface area contributed by atoms with Gasteiger partial charge in [-0.3, -0.25) is 14.5 Å². The van der Waals surface area contributed by atoms with Crippen molar-refractivity contribution in [2.75, 3.05) is 32.8 Å². The lowest BCUT2D eigenvalue weighted by molar-refractivity contribution is -0.144. The van der Waals surface area contributed by atoms with Crippen LogP contribution in [0.4, 0.5) is 0 Å². The van der Waals surface area contributed by atoms with Crippen LogP contribution < -0.4 is 5.32 Å². The van der Waals surface area contributed by atoms with Crippen molar-refractivity contribution in [1.82, 2.24) is 10.2 Å². The normalized spacial score (nSPS) is 9.62. The van der Waals surface area contributed by atoms with Gasteiger partial charge >= 0.3 is 5.97 Å². The van der Waals surface area contributed by atoms with Gasteiger partial charge in [0.25, 0.3) is 0 Å². The van der Waals surface area contributed by atoms with Crippen molar-refractivity contribution in [3.8, 4) is 12.3 Å². The van der Waals surface area contributed by atoms with Gasteiger partial charge in [-0.05, 0) is 13.5 Å². The Bertz CT molecular complexity index is 271. The Balaban J connectivity index is 3.95. The van der Waals surface area contributed by atoms with E-state index in [4.69, 9.17) is 11.2 Å². The quantitative estimate of drug-likeness (QED) is 0.475. The maximum atomic E-state index is 11.3. The predicted molar refractivity (Wildman–Crippen MR) is 60.6 cm³/mol. The second kappa shape index (κ2) is 8.74. The molecule has 1 N–H and O–H groups in total. The van der Waals surface area contributed by atoms with E-state index < -0.39 is 0 Å². The first-order chi connectivity index (χ1) is 7.63. The number of hydrogen-bond donors (Lipinski definition) is 1. The summed E-state index contributed by atoms with van der Waals surface area (Å²) in [4.78, 5) is 24.2. The van der Waals surface area contributed by atoms with Crippen LogP contribution in [0.2, 0.25) is 0 Å². The molecule has 0 aliphatic rings. The first-order valence-corrected chi connectivity index (χ1v) is 5.22. The Hall–Kier alpha value is -1.54. The molecule has 0 bridgehead atoms. The standard InChI is InChI=1S/C11H18N2O3/c1-4-7-12-10(14)8-13(5-2)9-11(15)16-6-3/h1H,5-9H2,2-3H3,(H,12,14). The fourth-order valence-electron chi connectivity index (χ4n) is 1.08. The maximum Gasteiger partial charge on any atom is 0.320 e. The number of hydrogen-bond acceptors (Lipinski definition) is 4. The summed E-state index contributed by atoms with van der Waals surface area (Å²) in [6.45, 7) is 5.03. The van der Waals surface area contributed by atoms with Gasteiger partial charge in [-0.2, -0.15) is 0 Å². The summed E-state index contributed by atoms with van der Waals surface area (Å²) in [5.41, 5.74) is 0. The lowest BCUT2D eigenvalue weighted by Crippen LogP contribution is -2.40. The monoisotopic (exact) mass is 226 g/mol. The van der Waals surface area contributed by atoms with Crippen molar-refractivity contribution < 1.29 is 14.3 Å². The summed E-state index contributed by atoms with van der Waals surface area (Å²) >= 11 is 0. The molecule has 5 nitrogen and oxygen atoms in total. The molecule has 0 heterocycles. The first kappa shape index (κ1) is 14.5. The molecule has 0 aromatic carbocycles. The average molecular weight is 226 g/mol. The zero-order valence-corrected chi connectivity index (χ0v) is 9.78. The molecular weight excluding hydrogens is 208 g/mol. The highest BCUT2D eigenvalue weighted by Gasteiger charge is 2.12. The fraction of sp³-hybridized carbons (Fsp3) is 0.636. The van der Waals surface area contributed by atoms with E-state index >= 15 is 0 Å². The van der Waals surface area contributed by atoms with Crippen LogP contribution in [0.5, 0.6) is 0 Å². The van der Waals surface area contributed by atoms with E-state index in [-0.39, 0.29) is 31.5 Å². The third kappa shape index (κ3) is 6.85. The van der Waals surface area contributed by atoms with Gasteiger partial charge in [0.15, 0.2) is 0 Å². The van der Waals surface area contributed by atoms with Gasteiger partial charge in [0.1, 0.15) is 0 Å². The van der Waals surface area contributed by atoms with Crippen LogP contribution in [0.25, 0.3) is 0 Å². The zero-order chi connectivity index (χ0) is 12.4. The minimum atomic E-state index is -0.325. The Morgan fingerprint density at radius 1 is 1.38 bits per heavy atom. The zero-order valence-electron chi connectivity index (χ0n) is 9.78. The Labute approximate surface area is 96.1 Å². The molecule has 0 atom stereocenters. The van der Waals surface area contributed by atoms with Gasteiger partial charge in [-0.15, -0.1) is 6.42 Å². The van der Waals surface area contributed by atoms with Crippen LogP contribution in [0.15, 0.2) is 0 Å².